The SMILES string of the molecule is CC[C@H](O)CC/C=C\C/C=C\C/C=C\C/C=C\CCCC(=O)OC[C@H](CO)OC(C)=O. The first-order valence-corrected chi connectivity index (χ1v) is 11.2. The lowest BCUT2D eigenvalue weighted by molar-refractivity contribution is -0.159. The molecular weight excluding hydrogens is 396 g/mol. The Morgan fingerprint density at radius 2 is 1.45 bits per heavy atom. The Labute approximate surface area is 187 Å². The van der Waals surface area contributed by atoms with E-state index in [4.69, 9.17) is 14.6 Å². The number of unbranched alkanes of at least 4 members (excludes halogenated alkanes) is 1. The average molecular weight is 437 g/mol. The number of hydrogen-bond donors (Lipinski definition) is 2. The number of aliphatic hydroxyl groups excluding tert-OH is 2. The lowest BCUT2D eigenvalue weighted by Gasteiger charge is -2.14. The molecule has 0 saturated heterocycles. The maximum Gasteiger partial charge on any atom is 0.305 e. The molecular formula is C25H40O6. The van der Waals surface area contributed by atoms with Gasteiger partial charge in [-0.3, -0.25) is 9.59 Å². The largest absolute Gasteiger partial charge is 0.462 e. The molecule has 0 heterocycles. The Kier molecular flexibility index (Phi) is 19.6. The van der Waals surface area contributed by atoms with Gasteiger partial charge in [-0.1, -0.05) is 55.5 Å². The predicted molar refractivity (Wildman–Crippen MR) is 123 cm³/mol. The minimum absolute atomic E-state index is 0.122. The summed E-state index contributed by atoms with van der Waals surface area (Å²) in [4.78, 5) is 22.4. The molecule has 0 aliphatic rings. The van der Waals surface area contributed by atoms with Crippen molar-refractivity contribution in [3.8, 4) is 0 Å². The summed E-state index contributed by atoms with van der Waals surface area (Å²) >= 11 is 0. The van der Waals surface area contributed by atoms with Gasteiger partial charge >= 0.3 is 11.9 Å². The van der Waals surface area contributed by atoms with E-state index in [0.29, 0.717) is 6.42 Å². The van der Waals surface area contributed by atoms with Crippen LogP contribution in [0.5, 0.6) is 0 Å². The highest BCUT2D eigenvalue weighted by atomic mass is 16.6. The normalized spacial score (nSPS) is 14.1. The number of carbonyl (C=O) groups is 2. The average Bonchev–Trinajstić information content (AvgIpc) is 2.75. The number of ether oxygens (including phenoxy) is 2. The van der Waals surface area contributed by atoms with E-state index in [0.717, 1.165) is 44.9 Å². The Hall–Kier alpha value is -2.18. The molecule has 0 aromatic carbocycles. The zero-order chi connectivity index (χ0) is 23.2. The minimum atomic E-state index is -0.801. The van der Waals surface area contributed by atoms with E-state index < -0.39 is 12.1 Å². The molecule has 0 bridgehead atoms. The van der Waals surface area contributed by atoms with Crippen LogP contribution >= 0.6 is 0 Å². The second kappa shape index (κ2) is 21.1. The van der Waals surface area contributed by atoms with Gasteiger partial charge in [0.15, 0.2) is 6.10 Å². The summed E-state index contributed by atoms with van der Waals surface area (Å²) in [6, 6.07) is 0. The van der Waals surface area contributed by atoms with Crippen molar-refractivity contribution in [2.24, 2.45) is 0 Å². The van der Waals surface area contributed by atoms with Crippen molar-refractivity contribution in [1.29, 1.82) is 0 Å². The van der Waals surface area contributed by atoms with Gasteiger partial charge in [-0.15, -0.1) is 0 Å². The summed E-state index contributed by atoms with van der Waals surface area (Å²) < 4.78 is 9.79. The van der Waals surface area contributed by atoms with Crippen LogP contribution in [0.3, 0.4) is 0 Å². The molecule has 0 unspecified atom stereocenters. The van der Waals surface area contributed by atoms with Gasteiger partial charge in [0.2, 0.25) is 0 Å². The first-order valence-electron chi connectivity index (χ1n) is 11.2. The fraction of sp³-hybridized carbons (Fsp3) is 0.600. The second-order valence-corrected chi connectivity index (χ2v) is 7.22. The molecule has 0 aliphatic carbocycles. The van der Waals surface area contributed by atoms with E-state index in [1.807, 2.05) is 13.0 Å². The third-order valence-corrected chi connectivity index (χ3v) is 4.34. The van der Waals surface area contributed by atoms with Crippen molar-refractivity contribution in [3.63, 3.8) is 0 Å². The van der Waals surface area contributed by atoms with Gasteiger partial charge in [-0.25, -0.2) is 0 Å². The van der Waals surface area contributed by atoms with Gasteiger partial charge in [0, 0.05) is 13.3 Å². The second-order valence-electron chi connectivity index (χ2n) is 7.22. The topological polar surface area (TPSA) is 93.1 Å². The van der Waals surface area contributed by atoms with Crippen LogP contribution in [0, 0.1) is 0 Å². The molecule has 0 amide bonds. The Morgan fingerprint density at radius 3 is 1.97 bits per heavy atom. The molecule has 0 rings (SSSR count). The monoisotopic (exact) mass is 436 g/mol. The molecule has 2 atom stereocenters. The van der Waals surface area contributed by atoms with Crippen molar-refractivity contribution >= 4 is 11.9 Å². The molecule has 0 aromatic heterocycles. The molecule has 6 heteroatoms. The molecule has 0 aromatic rings. The minimum Gasteiger partial charge on any atom is -0.462 e. The maximum atomic E-state index is 11.6. The summed E-state index contributed by atoms with van der Waals surface area (Å²) in [6.45, 7) is 2.74. The standard InChI is InChI=1S/C25H40O6/c1-3-23(28)18-16-14-12-10-8-6-4-5-7-9-11-13-15-17-19-25(29)30-21-24(20-26)31-22(2)27/h5-8,11-14,23-24,26,28H,3-4,9-10,15-21H2,1-2H3/b7-5-,8-6-,13-11-,14-12-/t23-,24-/m0/s1. The summed E-state index contributed by atoms with van der Waals surface area (Å²) in [5.41, 5.74) is 0. The van der Waals surface area contributed by atoms with E-state index in [2.05, 4.69) is 42.5 Å². The molecule has 31 heavy (non-hydrogen) atoms. The Bertz CT molecular complexity index is 577. The van der Waals surface area contributed by atoms with E-state index in [1.165, 1.54) is 6.92 Å². The number of carbonyl (C=O) groups excluding carboxylic acids is 2. The molecule has 176 valence electrons. The van der Waals surface area contributed by atoms with Gasteiger partial charge in [-0.05, 0) is 51.4 Å². The fourth-order valence-corrected chi connectivity index (χ4v) is 2.52. The van der Waals surface area contributed by atoms with Crippen LogP contribution in [-0.2, 0) is 19.1 Å². The fourth-order valence-electron chi connectivity index (χ4n) is 2.52. The Morgan fingerprint density at radius 1 is 0.903 bits per heavy atom. The summed E-state index contributed by atoms with van der Waals surface area (Å²) in [7, 11) is 0. The third kappa shape index (κ3) is 20.9. The summed E-state index contributed by atoms with van der Waals surface area (Å²) in [5.74, 6) is -0.878. The quantitative estimate of drug-likeness (QED) is 0.186. The summed E-state index contributed by atoms with van der Waals surface area (Å²) in [6.07, 6.45) is 22.9. The van der Waals surface area contributed by atoms with Crippen LogP contribution in [0.15, 0.2) is 48.6 Å². The van der Waals surface area contributed by atoms with Crippen LogP contribution < -0.4 is 0 Å². The van der Waals surface area contributed by atoms with Crippen LogP contribution in [0.4, 0.5) is 0 Å². The Balaban J connectivity index is 3.65. The molecule has 0 fully saturated rings. The van der Waals surface area contributed by atoms with Crippen molar-refractivity contribution in [2.45, 2.75) is 83.8 Å². The number of aliphatic hydroxyl groups is 2. The van der Waals surface area contributed by atoms with Crippen molar-refractivity contribution < 1.29 is 29.3 Å². The predicted octanol–water partition coefficient (Wildman–Crippen LogP) is 4.57. The van der Waals surface area contributed by atoms with Crippen molar-refractivity contribution in [1.82, 2.24) is 0 Å². The van der Waals surface area contributed by atoms with E-state index >= 15 is 0 Å². The first-order chi connectivity index (χ1) is 15.0. The highest BCUT2D eigenvalue weighted by molar-refractivity contribution is 5.69. The van der Waals surface area contributed by atoms with Crippen LogP contribution in [0.25, 0.3) is 0 Å². The smallest absolute Gasteiger partial charge is 0.305 e. The number of allylic oxidation sites excluding steroid dienone is 8. The highest BCUT2D eigenvalue weighted by Crippen LogP contribution is 2.03. The van der Waals surface area contributed by atoms with E-state index in [-0.39, 0.29) is 31.7 Å². The van der Waals surface area contributed by atoms with Crippen LogP contribution in [0.1, 0.15) is 71.6 Å². The van der Waals surface area contributed by atoms with Crippen LogP contribution in [-0.4, -0.2) is 47.6 Å². The molecule has 0 spiro atoms. The zero-order valence-corrected chi connectivity index (χ0v) is 19.1. The van der Waals surface area contributed by atoms with Gasteiger partial charge in [0.05, 0.1) is 12.7 Å². The highest BCUT2D eigenvalue weighted by Gasteiger charge is 2.13. The number of hydrogen-bond acceptors (Lipinski definition) is 6. The number of rotatable bonds is 18. The van der Waals surface area contributed by atoms with Gasteiger partial charge in [0.25, 0.3) is 0 Å². The van der Waals surface area contributed by atoms with Gasteiger partial charge in [0.1, 0.15) is 6.61 Å². The van der Waals surface area contributed by atoms with Crippen molar-refractivity contribution in [2.75, 3.05) is 13.2 Å². The lowest BCUT2D eigenvalue weighted by atomic mass is 10.1. The molecule has 0 aliphatic heterocycles. The zero-order valence-electron chi connectivity index (χ0n) is 19.1. The number of esters is 2. The van der Waals surface area contributed by atoms with E-state index in [9.17, 15) is 14.7 Å². The molecule has 6 nitrogen and oxygen atoms in total. The summed E-state index contributed by atoms with van der Waals surface area (Å²) in [5, 5.41) is 18.5. The molecule has 0 radical (unpaired) electrons. The van der Waals surface area contributed by atoms with Crippen molar-refractivity contribution in [3.05, 3.63) is 48.6 Å². The van der Waals surface area contributed by atoms with E-state index in [1.54, 1.807) is 0 Å². The third-order valence-electron chi connectivity index (χ3n) is 4.34. The molecule has 2 N–H and O–H groups in total. The van der Waals surface area contributed by atoms with Gasteiger partial charge in [-0.2, -0.15) is 0 Å². The van der Waals surface area contributed by atoms with Crippen LogP contribution in [0.2, 0.25) is 0 Å². The maximum absolute atomic E-state index is 11.6. The molecule has 0 saturated carbocycles. The van der Waals surface area contributed by atoms with Gasteiger partial charge < -0.3 is 19.7 Å². The lowest BCUT2D eigenvalue weighted by Crippen LogP contribution is -2.27. The first kappa shape index (κ1) is 28.8.